The zero-order valence-electron chi connectivity index (χ0n) is 13.7. The van der Waals surface area contributed by atoms with E-state index in [0.29, 0.717) is 17.6 Å². The van der Waals surface area contributed by atoms with Crippen LogP contribution in [0.5, 0.6) is 0 Å². The molecule has 0 aliphatic rings. The summed E-state index contributed by atoms with van der Waals surface area (Å²) in [5.41, 5.74) is 3.56. The SMILES string of the molecule is O=P(O)(O)Cc1ccc(Cn2c3cccnc3c3cccc(F)c32)cc1. The maximum absolute atomic E-state index is 14.5. The Labute approximate surface area is 148 Å². The molecule has 0 radical (unpaired) electrons. The van der Waals surface area contributed by atoms with Crippen molar-refractivity contribution < 1.29 is 18.7 Å². The summed E-state index contributed by atoms with van der Waals surface area (Å²) in [6, 6.07) is 15.7. The molecule has 4 aromatic rings. The number of hydrogen-bond acceptors (Lipinski definition) is 2. The quantitative estimate of drug-likeness (QED) is 0.532. The maximum atomic E-state index is 14.5. The Morgan fingerprint density at radius 1 is 1.00 bits per heavy atom. The first-order valence-corrected chi connectivity index (χ1v) is 9.86. The van der Waals surface area contributed by atoms with Crippen LogP contribution in [-0.2, 0) is 17.3 Å². The normalized spacial score (nSPS) is 12.1. The van der Waals surface area contributed by atoms with E-state index >= 15 is 0 Å². The predicted molar refractivity (Wildman–Crippen MR) is 98.5 cm³/mol. The second-order valence-electron chi connectivity index (χ2n) is 6.23. The molecule has 2 heterocycles. The van der Waals surface area contributed by atoms with Gasteiger partial charge in [0.2, 0.25) is 0 Å². The fourth-order valence-corrected chi connectivity index (χ4v) is 3.94. The lowest BCUT2D eigenvalue weighted by molar-refractivity contribution is 0.371. The predicted octanol–water partition coefficient (Wildman–Crippen LogP) is 4.05. The number of pyridine rings is 1. The average Bonchev–Trinajstić information content (AvgIpc) is 2.91. The highest BCUT2D eigenvalue weighted by molar-refractivity contribution is 7.50. The summed E-state index contributed by atoms with van der Waals surface area (Å²) in [5, 5.41) is 0.763. The van der Waals surface area contributed by atoms with Crippen LogP contribution in [0.2, 0.25) is 0 Å². The van der Waals surface area contributed by atoms with Crippen molar-refractivity contribution in [2.75, 3.05) is 0 Å². The molecule has 2 N–H and O–H groups in total. The fraction of sp³-hybridized carbons (Fsp3) is 0.105. The first-order valence-electron chi connectivity index (χ1n) is 8.06. The summed E-state index contributed by atoms with van der Waals surface area (Å²) in [7, 11) is -4.09. The van der Waals surface area contributed by atoms with Crippen molar-refractivity contribution in [1.82, 2.24) is 9.55 Å². The van der Waals surface area contributed by atoms with Crippen LogP contribution >= 0.6 is 7.60 Å². The van der Waals surface area contributed by atoms with E-state index in [4.69, 9.17) is 9.79 Å². The van der Waals surface area contributed by atoms with Crippen LogP contribution in [-0.4, -0.2) is 19.3 Å². The Balaban J connectivity index is 1.78. The maximum Gasteiger partial charge on any atom is 0.329 e. The number of rotatable bonds is 4. The largest absolute Gasteiger partial charge is 0.332 e. The van der Waals surface area contributed by atoms with E-state index in [1.54, 1.807) is 36.5 Å². The Morgan fingerprint density at radius 3 is 2.46 bits per heavy atom. The molecule has 0 amide bonds. The smallest absolute Gasteiger partial charge is 0.329 e. The monoisotopic (exact) mass is 370 g/mol. The Hall–Kier alpha value is -2.53. The van der Waals surface area contributed by atoms with E-state index < -0.39 is 7.60 Å². The first kappa shape index (κ1) is 16.9. The number of fused-ring (bicyclic) bond motifs is 3. The van der Waals surface area contributed by atoms with E-state index in [-0.39, 0.29) is 12.0 Å². The lowest BCUT2D eigenvalue weighted by Gasteiger charge is -2.09. The highest BCUT2D eigenvalue weighted by Gasteiger charge is 2.16. The molecule has 5 nitrogen and oxygen atoms in total. The summed E-state index contributed by atoms with van der Waals surface area (Å²) in [6.07, 6.45) is 1.40. The van der Waals surface area contributed by atoms with E-state index in [0.717, 1.165) is 22.0 Å². The highest BCUT2D eigenvalue weighted by atomic mass is 31.2. The van der Waals surface area contributed by atoms with Gasteiger partial charge in [-0.2, -0.15) is 0 Å². The second-order valence-corrected chi connectivity index (χ2v) is 7.88. The van der Waals surface area contributed by atoms with Crippen molar-refractivity contribution >= 4 is 29.5 Å². The number of para-hydroxylation sites is 1. The van der Waals surface area contributed by atoms with Crippen molar-refractivity contribution in [2.45, 2.75) is 12.7 Å². The molecular formula is C19H16FN2O3P. The van der Waals surface area contributed by atoms with Crippen LogP contribution in [0.25, 0.3) is 21.9 Å². The minimum Gasteiger partial charge on any atom is -0.332 e. The molecule has 0 saturated heterocycles. The van der Waals surface area contributed by atoms with E-state index in [1.807, 2.05) is 22.8 Å². The van der Waals surface area contributed by atoms with Crippen molar-refractivity contribution in [2.24, 2.45) is 0 Å². The standard InChI is InChI=1S/C19H16FN2O3P/c20-16-4-1-3-15-18-17(5-2-10-21-18)22(19(15)16)11-13-6-8-14(9-7-13)12-26(23,24)25/h1-10H,11-12H2,(H2,23,24,25). The lowest BCUT2D eigenvalue weighted by Crippen LogP contribution is -2.01. The molecule has 26 heavy (non-hydrogen) atoms. The summed E-state index contributed by atoms with van der Waals surface area (Å²) in [4.78, 5) is 22.5. The van der Waals surface area contributed by atoms with Crippen LogP contribution in [0.4, 0.5) is 4.39 Å². The molecule has 0 aliphatic heterocycles. The number of nitrogens with zero attached hydrogens (tertiary/aromatic N) is 2. The Kier molecular flexibility index (Phi) is 4.11. The van der Waals surface area contributed by atoms with Gasteiger partial charge in [0.05, 0.1) is 22.7 Å². The first-order chi connectivity index (χ1) is 12.4. The summed E-state index contributed by atoms with van der Waals surface area (Å²) in [5.74, 6) is -0.307. The third-order valence-corrected chi connectivity index (χ3v) is 5.12. The molecule has 0 saturated carbocycles. The highest BCUT2D eigenvalue weighted by Crippen LogP contribution is 2.39. The van der Waals surface area contributed by atoms with Gasteiger partial charge in [0.15, 0.2) is 0 Å². The molecule has 2 aromatic heterocycles. The molecule has 0 fully saturated rings. The fourth-order valence-electron chi connectivity index (χ4n) is 3.26. The number of benzene rings is 2. The zero-order chi connectivity index (χ0) is 18.3. The third-order valence-electron chi connectivity index (χ3n) is 4.34. The molecule has 0 spiro atoms. The average molecular weight is 370 g/mol. The van der Waals surface area contributed by atoms with Gasteiger partial charge in [0.1, 0.15) is 5.82 Å². The van der Waals surface area contributed by atoms with Crippen molar-refractivity contribution in [3.63, 3.8) is 0 Å². The summed E-state index contributed by atoms with van der Waals surface area (Å²) in [6.45, 7) is 0.433. The van der Waals surface area contributed by atoms with Gasteiger partial charge in [0.25, 0.3) is 0 Å². The van der Waals surface area contributed by atoms with Gasteiger partial charge < -0.3 is 14.4 Å². The Morgan fingerprint density at radius 2 is 1.73 bits per heavy atom. The van der Waals surface area contributed by atoms with E-state index in [2.05, 4.69) is 4.98 Å². The van der Waals surface area contributed by atoms with Gasteiger partial charge in [-0.15, -0.1) is 0 Å². The van der Waals surface area contributed by atoms with Gasteiger partial charge in [-0.05, 0) is 29.3 Å². The molecule has 0 unspecified atom stereocenters. The van der Waals surface area contributed by atoms with Gasteiger partial charge in [0, 0.05) is 18.1 Å². The second kappa shape index (κ2) is 6.32. The Bertz CT molecular complexity index is 1150. The minimum absolute atomic E-state index is 0.290. The molecule has 0 atom stereocenters. The summed E-state index contributed by atoms with van der Waals surface area (Å²) >= 11 is 0. The minimum atomic E-state index is -4.09. The number of aromatic nitrogens is 2. The molecule has 0 aliphatic carbocycles. The molecule has 7 heteroatoms. The summed E-state index contributed by atoms with van der Waals surface area (Å²) < 4.78 is 27.5. The molecule has 0 bridgehead atoms. The molecule has 132 valence electrons. The van der Waals surface area contributed by atoms with Gasteiger partial charge in [-0.1, -0.05) is 36.4 Å². The van der Waals surface area contributed by atoms with Crippen LogP contribution in [0, 0.1) is 5.82 Å². The van der Waals surface area contributed by atoms with Crippen LogP contribution in [0.1, 0.15) is 11.1 Å². The van der Waals surface area contributed by atoms with Crippen LogP contribution < -0.4 is 0 Å². The number of halogens is 1. The third kappa shape index (κ3) is 3.15. The number of hydrogen-bond donors (Lipinski definition) is 2. The van der Waals surface area contributed by atoms with Crippen molar-refractivity contribution in [1.29, 1.82) is 0 Å². The van der Waals surface area contributed by atoms with Crippen molar-refractivity contribution in [3.8, 4) is 0 Å². The van der Waals surface area contributed by atoms with Crippen LogP contribution in [0.3, 0.4) is 0 Å². The van der Waals surface area contributed by atoms with Gasteiger partial charge in [-0.3, -0.25) is 9.55 Å². The van der Waals surface area contributed by atoms with Crippen LogP contribution in [0.15, 0.2) is 60.8 Å². The van der Waals surface area contributed by atoms with Crippen molar-refractivity contribution in [3.05, 3.63) is 77.7 Å². The molecule has 4 rings (SSSR count). The van der Waals surface area contributed by atoms with Gasteiger partial charge in [-0.25, -0.2) is 4.39 Å². The topological polar surface area (TPSA) is 75.3 Å². The zero-order valence-corrected chi connectivity index (χ0v) is 14.6. The van der Waals surface area contributed by atoms with E-state index in [1.165, 1.54) is 6.07 Å². The van der Waals surface area contributed by atoms with Gasteiger partial charge >= 0.3 is 7.60 Å². The molecular weight excluding hydrogens is 354 g/mol. The molecule has 2 aromatic carbocycles. The van der Waals surface area contributed by atoms with E-state index in [9.17, 15) is 8.96 Å². The lowest BCUT2D eigenvalue weighted by atomic mass is 10.1.